The molecular weight excluding hydrogens is 415 g/mol. The van der Waals surface area contributed by atoms with Gasteiger partial charge in [0.15, 0.2) is 4.77 Å². The molecule has 0 aliphatic carbocycles. The molecule has 0 aliphatic heterocycles. The molecule has 0 aliphatic rings. The van der Waals surface area contributed by atoms with Crippen LogP contribution in [0, 0.1) is 21.9 Å². The van der Waals surface area contributed by atoms with Crippen LogP contribution in [0.5, 0.6) is 0 Å². The molecule has 31 heavy (non-hydrogen) atoms. The van der Waals surface area contributed by atoms with Gasteiger partial charge in [-0.2, -0.15) is 5.26 Å². The number of benzene rings is 3. The molecule has 6 nitrogen and oxygen atoms in total. The van der Waals surface area contributed by atoms with Crippen molar-refractivity contribution in [2.75, 3.05) is 0 Å². The fraction of sp³-hybridized carbons (Fsp3) is 0.0435. The summed E-state index contributed by atoms with van der Waals surface area (Å²) in [4.78, 5) is 28.4. The van der Waals surface area contributed by atoms with Gasteiger partial charge in [0, 0.05) is 12.1 Å². The molecule has 1 aromatic heterocycles. The SMILES string of the molecule is N#Cc1cccc(CNC(=O)c2ccc3c(=O)n(-c4ccccc4F)c(=S)[nH]c3c2)c1. The van der Waals surface area contributed by atoms with Gasteiger partial charge in [0.2, 0.25) is 0 Å². The number of hydrogen-bond acceptors (Lipinski definition) is 4. The zero-order valence-corrected chi connectivity index (χ0v) is 16.9. The van der Waals surface area contributed by atoms with Crippen LogP contribution >= 0.6 is 12.2 Å². The smallest absolute Gasteiger partial charge is 0.266 e. The van der Waals surface area contributed by atoms with Gasteiger partial charge < -0.3 is 10.3 Å². The first-order valence-electron chi connectivity index (χ1n) is 9.29. The van der Waals surface area contributed by atoms with E-state index in [0.29, 0.717) is 16.6 Å². The van der Waals surface area contributed by atoms with Crippen LogP contribution in [0.15, 0.2) is 71.5 Å². The number of rotatable bonds is 4. The summed E-state index contributed by atoms with van der Waals surface area (Å²) in [5.41, 5.74) is 1.58. The largest absolute Gasteiger partial charge is 0.348 e. The molecule has 2 N–H and O–H groups in total. The Kier molecular flexibility index (Phi) is 5.43. The Morgan fingerprint density at radius 2 is 1.94 bits per heavy atom. The van der Waals surface area contributed by atoms with E-state index in [4.69, 9.17) is 17.5 Å². The quantitative estimate of drug-likeness (QED) is 0.479. The lowest BCUT2D eigenvalue weighted by atomic mass is 10.1. The third-order valence-electron chi connectivity index (χ3n) is 4.76. The van der Waals surface area contributed by atoms with E-state index >= 15 is 0 Å². The van der Waals surface area contributed by atoms with E-state index < -0.39 is 11.4 Å². The Hall–Kier alpha value is -4.09. The first kappa shape index (κ1) is 20.2. The van der Waals surface area contributed by atoms with Gasteiger partial charge in [-0.05, 0) is 60.2 Å². The van der Waals surface area contributed by atoms with E-state index in [1.165, 1.54) is 36.4 Å². The summed E-state index contributed by atoms with van der Waals surface area (Å²) in [5.74, 6) is -0.915. The molecule has 0 radical (unpaired) electrons. The van der Waals surface area contributed by atoms with Crippen molar-refractivity contribution in [2.45, 2.75) is 6.54 Å². The van der Waals surface area contributed by atoms with Gasteiger partial charge in [0.05, 0.1) is 28.2 Å². The van der Waals surface area contributed by atoms with Gasteiger partial charge in [-0.1, -0.05) is 24.3 Å². The second-order valence-electron chi connectivity index (χ2n) is 6.78. The zero-order valence-electron chi connectivity index (χ0n) is 16.1. The summed E-state index contributed by atoms with van der Waals surface area (Å²) in [5, 5.41) is 12.0. The highest BCUT2D eigenvalue weighted by molar-refractivity contribution is 7.71. The second kappa shape index (κ2) is 8.34. The van der Waals surface area contributed by atoms with Crippen molar-refractivity contribution in [2.24, 2.45) is 0 Å². The number of para-hydroxylation sites is 1. The standard InChI is InChI=1S/C23H15FN4O2S/c24-18-6-1-2-7-20(18)28-22(30)17-9-8-16(11-19(17)27-23(28)31)21(29)26-13-15-5-3-4-14(10-15)12-25/h1-11H,13H2,(H,26,29)(H,27,31). The lowest BCUT2D eigenvalue weighted by Gasteiger charge is -2.10. The first-order valence-corrected chi connectivity index (χ1v) is 9.70. The van der Waals surface area contributed by atoms with Crippen molar-refractivity contribution < 1.29 is 9.18 Å². The number of carbonyl (C=O) groups is 1. The summed E-state index contributed by atoms with van der Waals surface area (Å²) < 4.78 is 15.3. The molecule has 0 saturated heterocycles. The summed E-state index contributed by atoms with van der Waals surface area (Å²) in [6, 6.07) is 19.4. The number of amides is 1. The molecule has 0 saturated carbocycles. The number of H-pyrrole nitrogens is 1. The molecule has 3 aromatic carbocycles. The number of carbonyl (C=O) groups excluding carboxylic acids is 1. The number of fused-ring (bicyclic) bond motifs is 1. The average molecular weight is 430 g/mol. The minimum Gasteiger partial charge on any atom is -0.348 e. The third kappa shape index (κ3) is 3.99. The third-order valence-corrected chi connectivity index (χ3v) is 5.05. The first-order chi connectivity index (χ1) is 15.0. The van der Waals surface area contributed by atoms with Crippen molar-refractivity contribution in [3.8, 4) is 11.8 Å². The van der Waals surface area contributed by atoms with Crippen LogP contribution < -0.4 is 10.9 Å². The van der Waals surface area contributed by atoms with Gasteiger partial charge in [-0.15, -0.1) is 0 Å². The minimum absolute atomic E-state index is 0.0217. The van der Waals surface area contributed by atoms with Crippen LogP contribution in [0.1, 0.15) is 21.5 Å². The maximum absolute atomic E-state index is 14.2. The Labute approximate surface area is 181 Å². The molecular formula is C23H15FN4O2S. The molecule has 4 rings (SSSR count). The highest BCUT2D eigenvalue weighted by Gasteiger charge is 2.13. The molecule has 1 amide bonds. The van der Waals surface area contributed by atoms with Gasteiger partial charge in [0.1, 0.15) is 5.82 Å². The lowest BCUT2D eigenvalue weighted by molar-refractivity contribution is 0.0951. The van der Waals surface area contributed by atoms with E-state index in [2.05, 4.69) is 16.4 Å². The minimum atomic E-state index is -0.570. The van der Waals surface area contributed by atoms with Crippen LogP contribution in [-0.2, 0) is 6.54 Å². The highest BCUT2D eigenvalue weighted by atomic mass is 32.1. The maximum atomic E-state index is 14.2. The Morgan fingerprint density at radius 3 is 2.71 bits per heavy atom. The van der Waals surface area contributed by atoms with Crippen LogP contribution in [0.2, 0.25) is 0 Å². The topological polar surface area (TPSA) is 90.7 Å². The summed E-state index contributed by atoms with van der Waals surface area (Å²) in [6.45, 7) is 0.247. The Balaban J connectivity index is 1.66. The molecule has 0 atom stereocenters. The molecule has 0 spiro atoms. The maximum Gasteiger partial charge on any atom is 0.266 e. The Bertz CT molecular complexity index is 1480. The molecule has 0 fully saturated rings. The molecule has 152 valence electrons. The van der Waals surface area contributed by atoms with E-state index in [1.54, 1.807) is 24.3 Å². The van der Waals surface area contributed by atoms with Crippen LogP contribution in [0.3, 0.4) is 0 Å². The van der Waals surface area contributed by atoms with Crippen molar-refractivity contribution in [1.82, 2.24) is 14.9 Å². The van der Waals surface area contributed by atoms with E-state index in [0.717, 1.165) is 10.1 Å². The van der Waals surface area contributed by atoms with Crippen LogP contribution in [0.4, 0.5) is 4.39 Å². The second-order valence-corrected chi connectivity index (χ2v) is 7.16. The monoisotopic (exact) mass is 430 g/mol. The predicted molar refractivity (Wildman–Crippen MR) is 117 cm³/mol. The normalized spacial score (nSPS) is 10.6. The molecule has 0 unspecified atom stereocenters. The number of nitrogens with zero attached hydrogens (tertiary/aromatic N) is 2. The van der Waals surface area contributed by atoms with Gasteiger partial charge >= 0.3 is 0 Å². The van der Waals surface area contributed by atoms with Crippen molar-refractivity contribution in [3.63, 3.8) is 0 Å². The molecule has 8 heteroatoms. The highest BCUT2D eigenvalue weighted by Crippen LogP contribution is 2.15. The van der Waals surface area contributed by atoms with Crippen molar-refractivity contribution in [3.05, 3.63) is 104 Å². The van der Waals surface area contributed by atoms with E-state index in [-0.39, 0.29) is 28.3 Å². The lowest BCUT2D eigenvalue weighted by Crippen LogP contribution is -2.24. The van der Waals surface area contributed by atoms with Crippen LogP contribution in [-0.4, -0.2) is 15.5 Å². The number of nitrogens with one attached hydrogen (secondary N) is 2. The fourth-order valence-corrected chi connectivity index (χ4v) is 3.54. The van der Waals surface area contributed by atoms with E-state index in [1.807, 2.05) is 6.07 Å². The predicted octanol–water partition coefficient (Wildman–Crippen LogP) is 3.99. The zero-order chi connectivity index (χ0) is 22.0. The molecule has 1 heterocycles. The number of hydrogen-bond donors (Lipinski definition) is 2. The molecule has 4 aromatic rings. The average Bonchev–Trinajstić information content (AvgIpc) is 2.78. The Morgan fingerprint density at radius 1 is 1.13 bits per heavy atom. The number of aromatic nitrogens is 2. The number of aromatic amines is 1. The van der Waals surface area contributed by atoms with Gasteiger partial charge in [-0.3, -0.25) is 9.59 Å². The van der Waals surface area contributed by atoms with Gasteiger partial charge in [-0.25, -0.2) is 8.96 Å². The molecule has 0 bridgehead atoms. The van der Waals surface area contributed by atoms with Gasteiger partial charge in [0.25, 0.3) is 11.5 Å². The van der Waals surface area contributed by atoms with Crippen LogP contribution in [0.25, 0.3) is 16.6 Å². The number of halogens is 1. The summed E-state index contributed by atoms with van der Waals surface area (Å²) in [6.07, 6.45) is 0. The van der Waals surface area contributed by atoms with E-state index in [9.17, 15) is 14.0 Å². The fourth-order valence-electron chi connectivity index (χ4n) is 3.25. The summed E-state index contributed by atoms with van der Waals surface area (Å²) >= 11 is 5.27. The summed E-state index contributed by atoms with van der Waals surface area (Å²) in [7, 11) is 0. The van der Waals surface area contributed by atoms with Crippen molar-refractivity contribution >= 4 is 29.0 Å². The number of nitriles is 1. The van der Waals surface area contributed by atoms with Crippen molar-refractivity contribution in [1.29, 1.82) is 5.26 Å².